The number of likely N-dealkylation sites (tertiary alicyclic amines) is 1. The van der Waals surface area contributed by atoms with Crippen LogP contribution in [0.25, 0.3) is 0 Å². The van der Waals surface area contributed by atoms with E-state index in [0.717, 1.165) is 42.0 Å². The second kappa shape index (κ2) is 7.75. The van der Waals surface area contributed by atoms with Gasteiger partial charge in [0.05, 0.1) is 11.3 Å². The van der Waals surface area contributed by atoms with E-state index >= 15 is 0 Å². The van der Waals surface area contributed by atoms with Crippen molar-refractivity contribution in [3.63, 3.8) is 0 Å². The van der Waals surface area contributed by atoms with Gasteiger partial charge >= 0.3 is 0 Å². The summed E-state index contributed by atoms with van der Waals surface area (Å²) in [6, 6.07) is 7.99. The summed E-state index contributed by atoms with van der Waals surface area (Å²) in [5, 5.41) is 3.96. The predicted molar refractivity (Wildman–Crippen MR) is 103 cm³/mol. The Morgan fingerprint density at radius 2 is 2.04 bits per heavy atom. The number of nitrogens with zero attached hydrogens (tertiary/aromatic N) is 2. The van der Waals surface area contributed by atoms with Gasteiger partial charge in [-0.15, -0.1) is 0 Å². The van der Waals surface area contributed by atoms with Gasteiger partial charge in [-0.25, -0.2) is 0 Å². The van der Waals surface area contributed by atoms with Crippen LogP contribution in [0.3, 0.4) is 0 Å². The molecular formula is C22H28N2O3. The molecular weight excluding hydrogens is 340 g/mol. The first-order chi connectivity index (χ1) is 13.1. The molecule has 1 amide bonds. The van der Waals surface area contributed by atoms with Gasteiger partial charge in [-0.1, -0.05) is 24.1 Å². The fourth-order valence-corrected chi connectivity index (χ4v) is 4.63. The van der Waals surface area contributed by atoms with Crippen LogP contribution in [0.1, 0.15) is 65.9 Å². The first kappa shape index (κ1) is 18.1. The van der Waals surface area contributed by atoms with Crippen LogP contribution < -0.4 is 4.74 Å². The highest BCUT2D eigenvalue weighted by atomic mass is 16.5. The van der Waals surface area contributed by atoms with Crippen molar-refractivity contribution >= 4 is 5.91 Å². The van der Waals surface area contributed by atoms with Crippen molar-refractivity contribution < 1.29 is 14.1 Å². The first-order valence-corrected chi connectivity index (χ1v) is 10.1. The van der Waals surface area contributed by atoms with Gasteiger partial charge < -0.3 is 14.2 Å². The quantitative estimate of drug-likeness (QED) is 0.787. The lowest BCUT2D eigenvalue weighted by molar-refractivity contribution is 0.0390. The van der Waals surface area contributed by atoms with E-state index in [-0.39, 0.29) is 5.91 Å². The summed E-state index contributed by atoms with van der Waals surface area (Å²) >= 11 is 0. The molecule has 0 unspecified atom stereocenters. The first-order valence-electron chi connectivity index (χ1n) is 10.1. The minimum atomic E-state index is 0.148. The SMILES string of the molecule is Cc1noc(C)c1COc1cccc(C(=O)N2CCC[C@@H]3CCCC[C@H]32)c1. The van der Waals surface area contributed by atoms with Gasteiger partial charge in [0.1, 0.15) is 18.1 Å². The zero-order valence-electron chi connectivity index (χ0n) is 16.2. The molecule has 2 aliphatic rings. The second-order valence-corrected chi connectivity index (χ2v) is 7.87. The lowest BCUT2D eigenvalue weighted by atomic mass is 9.78. The highest BCUT2D eigenvalue weighted by Crippen LogP contribution is 2.36. The summed E-state index contributed by atoms with van der Waals surface area (Å²) < 4.78 is 11.1. The van der Waals surface area contributed by atoms with Gasteiger partial charge in [0, 0.05) is 18.2 Å². The zero-order valence-corrected chi connectivity index (χ0v) is 16.2. The molecule has 1 aromatic carbocycles. The minimum absolute atomic E-state index is 0.148. The number of hydrogen-bond acceptors (Lipinski definition) is 4. The third kappa shape index (κ3) is 3.73. The number of benzene rings is 1. The lowest BCUT2D eigenvalue weighted by Gasteiger charge is -2.44. The van der Waals surface area contributed by atoms with Crippen LogP contribution in [0, 0.1) is 19.8 Å². The lowest BCUT2D eigenvalue weighted by Crippen LogP contribution is -2.49. The van der Waals surface area contributed by atoms with E-state index in [4.69, 9.17) is 9.26 Å². The van der Waals surface area contributed by atoms with Crippen molar-refractivity contribution in [1.82, 2.24) is 10.1 Å². The molecule has 0 N–H and O–H groups in total. The molecule has 1 aliphatic carbocycles. The van der Waals surface area contributed by atoms with E-state index in [1.54, 1.807) is 0 Å². The van der Waals surface area contributed by atoms with E-state index in [0.29, 0.717) is 24.3 Å². The smallest absolute Gasteiger partial charge is 0.254 e. The maximum Gasteiger partial charge on any atom is 0.254 e. The molecule has 1 saturated heterocycles. The molecule has 2 aromatic rings. The summed E-state index contributed by atoms with van der Waals surface area (Å²) in [4.78, 5) is 15.3. The summed E-state index contributed by atoms with van der Waals surface area (Å²) in [6.07, 6.45) is 7.37. The molecule has 1 aliphatic heterocycles. The summed E-state index contributed by atoms with van der Waals surface area (Å²) in [7, 11) is 0. The third-order valence-corrected chi connectivity index (χ3v) is 6.15. The minimum Gasteiger partial charge on any atom is -0.489 e. The number of piperidine rings is 1. The topological polar surface area (TPSA) is 55.6 Å². The average molecular weight is 368 g/mol. The van der Waals surface area contributed by atoms with Gasteiger partial charge in [0.25, 0.3) is 5.91 Å². The monoisotopic (exact) mass is 368 g/mol. The number of ether oxygens (including phenoxy) is 1. The average Bonchev–Trinajstić information content (AvgIpc) is 3.03. The largest absolute Gasteiger partial charge is 0.489 e. The molecule has 27 heavy (non-hydrogen) atoms. The van der Waals surface area contributed by atoms with E-state index < -0.39 is 0 Å². The molecule has 144 valence electrons. The highest BCUT2D eigenvalue weighted by Gasteiger charge is 2.36. The number of aromatic nitrogens is 1. The summed E-state index contributed by atoms with van der Waals surface area (Å²) in [5.41, 5.74) is 2.53. The zero-order chi connectivity index (χ0) is 18.8. The van der Waals surface area contributed by atoms with E-state index in [9.17, 15) is 4.79 Å². The predicted octanol–water partition coefficient (Wildman–Crippen LogP) is 4.67. The Morgan fingerprint density at radius 1 is 1.22 bits per heavy atom. The number of hydrogen-bond donors (Lipinski definition) is 0. The Bertz CT molecular complexity index is 792. The molecule has 1 saturated carbocycles. The maximum atomic E-state index is 13.2. The van der Waals surface area contributed by atoms with Crippen molar-refractivity contribution in [2.45, 2.75) is 65.0 Å². The molecule has 4 rings (SSSR count). The molecule has 1 aromatic heterocycles. The van der Waals surface area contributed by atoms with Crippen LogP contribution in [0.4, 0.5) is 0 Å². The Labute approximate surface area is 160 Å². The van der Waals surface area contributed by atoms with Crippen molar-refractivity contribution in [3.05, 3.63) is 46.8 Å². The molecule has 0 spiro atoms. The molecule has 0 bridgehead atoms. The van der Waals surface area contributed by atoms with E-state index in [2.05, 4.69) is 10.1 Å². The standard InChI is InChI=1S/C22H28N2O3/c1-15-20(16(2)27-23-15)14-26-19-10-5-8-18(13-19)22(25)24-12-6-9-17-7-3-4-11-21(17)24/h5,8,10,13,17,21H,3-4,6-7,9,11-12,14H2,1-2H3/t17-,21+/m0/s1. The maximum absolute atomic E-state index is 13.2. The fraction of sp³-hybridized carbons (Fsp3) is 0.545. The molecule has 5 nitrogen and oxygen atoms in total. The number of aryl methyl sites for hydroxylation is 2. The van der Waals surface area contributed by atoms with Gasteiger partial charge in [-0.05, 0) is 63.6 Å². The van der Waals surface area contributed by atoms with E-state index in [1.807, 2.05) is 38.1 Å². The van der Waals surface area contributed by atoms with Crippen molar-refractivity contribution in [2.24, 2.45) is 5.92 Å². The molecule has 5 heteroatoms. The number of carbonyl (C=O) groups excluding carboxylic acids is 1. The van der Waals surface area contributed by atoms with Crippen LogP contribution in [0.5, 0.6) is 5.75 Å². The van der Waals surface area contributed by atoms with Crippen LogP contribution >= 0.6 is 0 Å². The van der Waals surface area contributed by atoms with Gasteiger partial charge in [-0.2, -0.15) is 0 Å². The highest BCUT2D eigenvalue weighted by molar-refractivity contribution is 5.95. The third-order valence-electron chi connectivity index (χ3n) is 6.15. The van der Waals surface area contributed by atoms with Crippen molar-refractivity contribution in [2.75, 3.05) is 6.54 Å². The van der Waals surface area contributed by atoms with Crippen LogP contribution in [0.2, 0.25) is 0 Å². The Kier molecular flexibility index (Phi) is 5.19. The summed E-state index contributed by atoms with van der Waals surface area (Å²) in [5.74, 6) is 2.32. The molecule has 0 radical (unpaired) electrons. The van der Waals surface area contributed by atoms with Crippen LogP contribution in [-0.2, 0) is 6.61 Å². The van der Waals surface area contributed by atoms with Gasteiger partial charge in [0.15, 0.2) is 0 Å². The Balaban J connectivity index is 1.47. The number of amides is 1. The Morgan fingerprint density at radius 3 is 2.85 bits per heavy atom. The number of rotatable bonds is 4. The van der Waals surface area contributed by atoms with Crippen LogP contribution in [-0.4, -0.2) is 28.6 Å². The van der Waals surface area contributed by atoms with Gasteiger partial charge in [-0.3, -0.25) is 4.79 Å². The second-order valence-electron chi connectivity index (χ2n) is 7.87. The number of carbonyl (C=O) groups is 1. The normalized spacial score (nSPS) is 22.4. The van der Waals surface area contributed by atoms with Gasteiger partial charge in [0.2, 0.25) is 0 Å². The summed E-state index contributed by atoms with van der Waals surface area (Å²) in [6.45, 7) is 5.07. The van der Waals surface area contributed by atoms with Crippen LogP contribution in [0.15, 0.2) is 28.8 Å². The van der Waals surface area contributed by atoms with E-state index in [1.165, 1.54) is 25.7 Å². The fourth-order valence-electron chi connectivity index (χ4n) is 4.63. The molecule has 2 fully saturated rings. The number of fused-ring (bicyclic) bond motifs is 1. The molecule has 2 heterocycles. The van der Waals surface area contributed by atoms with Crippen molar-refractivity contribution in [3.8, 4) is 5.75 Å². The molecule has 2 atom stereocenters. The van der Waals surface area contributed by atoms with Crippen molar-refractivity contribution in [1.29, 1.82) is 0 Å². The Hall–Kier alpha value is -2.30.